The number of esters is 1. The van der Waals surface area contributed by atoms with Gasteiger partial charge < -0.3 is 15.2 Å². The summed E-state index contributed by atoms with van der Waals surface area (Å²) < 4.78 is 92.0. The molecule has 0 aliphatic heterocycles. The first-order valence-electron chi connectivity index (χ1n) is 12.4. The SMILES string of the molecule is C[C@@H](OCC(CC/C=C/N)(C(=O)OCc1ccccc1)c1ccccc1)c1cc(C(F)(F)F)cc(C(F)(F)F)c1. The largest absolute Gasteiger partial charge is 0.460 e. The van der Waals surface area contributed by atoms with Gasteiger partial charge in [0.2, 0.25) is 0 Å². The number of nitrogens with two attached hydrogens (primary N) is 1. The van der Waals surface area contributed by atoms with Crippen LogP contribution in [0.15, 0.2) is 91.1 Å². The van der Waals surface area contributed by atoms with E-state index in [0.29, 0.717) is 24.1 Å². The number of benzene rings is 3. The molecule has 0 spiro atoms. The van der Waals surface area contributed by atoms with E-state index in [0.717, 1.165) is 5.56 Å². The molecular weight excluding hydrogens is 536 g/mol. The summed E-state index contributed by atoms with van der Waals surface area (Å²) in [5, 5.41) is 0. The van der Waals surface area contributed by atoms with Gasteiger partial charge in [-0.1, -0.05) is 66.7 Å². The van der Waals surface area contributed by atoms with Crippen LogP contribution in [0.2, 0.25) is 0 Å². The van der Waals surface area contributed by atoms with E-state index >= 15 is 0 Å². The Hall–Kier alpha value is -3.79. The maximum absolute atomic E-state index is 13.7. The molecule has 214 valence electrons. The molecule has 2 atom stereocenters. The summed E-state index contributed by atoms with van der Waals surface area (Å²) in [5.74, 6) is -0.653. The maximum Gasteiger partial charge on any atom is 0.416 e. The Labute approximate surface area is 228 Å². The summed E-state index contributed by atoms with van der Waals surface area (Å²) in [6.07, 6.45) is -7.80. The first-order valence-corrected chi connectivity index (χ1v) is 12.4. The van der Waals surface area contributed by atoms with Crippen molar-refractivity contribution in [3.8, 4) is 0 Å². The average Bonchev–Trinajstić information content (AvgIpc) is 2.93. The smallest absolute Gasteiger partial charge is 0.416 e. The molecule has 10 heteroatoms. The summed E-state index contributed by atoms with van der Waals surface area (Å²) in [5.41, 5.74) is 2.09. The maximum atomic E-state index is 13.7. The van der Waals surface area contributed by atoms with Crippen LogP contribution in [-0.4, -0.2) is 12.6 Å². The summed E-state index contributed by atoms with van der Waals surface area (Å²) in [6, 6.07) is 18.8. The molecule has 1 unspecified atom stereocenters. The van der Waals surface area contributed by atoms with Crippen LogP contribution in [0.5, 0.6) is 0 Å². The van der Waals surface area contributed by atoms with E-state index in [1.165, 1.54) is 13.1 Å². The topological polar surface area (TPSA) is 61.5 Å². The van der Waals surface area contributed by atoms with Gasteiger partial charge in [-0.25, -0.2) is 0 Å². The molecule has 3 aromatic carbocycles. The predicted molar refractivity (Wildman–Crippen MR) is 138 cm³/mol. The highest BCUT2D eigenvalue weighted by molar-refractivity contribution is 5.83. The number of alkyl halides is 6. The molecule has 0 heterocycles. The molecule has 3 rings (SSSR count). The Bertz CT molecular complexity index is 1240. The van der Waals surface area contributed by atoms with E-state index in [-0.39, 0.29) is 31.3 Å². The Morgan fingerprint density at radius 2 is 1.40 bits per heavy atom. The molecule has 2 N–H and O–H groups in total. The van der Waals surface area contributed by atoms with Gasteiger partial charge in [-0.2, -0.15) is 26.3 Å². The molecule has 4 nitrogen and oxygen atoms in total. The molecule has 0 amide bonds. The molecule has 0 saturated heterocycles. The second-order valence-electron chi connectivity index (χ2n) is 9.27. The minimum Gasteiger partial charge on any atom is -0.460 e. The minimum absolute atomic E-state index is 0.0426. The number of hydrogen-bond acceptors (Lipinski definition) is 4. The number of halogens is 6. The fraction of sp³-hybridized carbons (Fsp3) is 0.300. The van der Waals surface area contributed by atoms with Crippen molar-refractivity contribution in [1.82, 2.24) is 0 Å². The first kappa shape index (κ1) is 30.7. The molecule has 0 fully saturated rings. The van der Waals surface area contributed by atoms with Crippen LogP contribution in [0.25, 0.3) is 0 Å². The molecular formula is C30H29F6NO3. The van der Waals surface area contributed by atoms with Crippen LogP contribution in [0.4, 0.5) is 26.3 Å². The summed E-state index contributed by atoms with van der Waals surface area (Å²) >= 11 is 0. The Balaban J connectivity index is 1.97. The summed E-state index contributed by atoms with van der Waals surface area (Å²) in [6.45, 7) is 0.918. The van der Waals surface area contributed by atoms with Gasteiger partial charge in [0.25, 0.3) is 0 Å². The lowest BCUT2D eigenvalue weighted by Crippen LogP contribution is -2.42. The van der Waals surface area contributed by atoms with Crippen molar-refractivity contribution in [3.05, 3.63) is 119 Å². The highest BCUT2D eigenvalue weighted by Gasteiger charge is 2.43. The Morgan fingerprint density at radius 3 is 1.93 bits per heavy atom. The van der Waals surface area contributed by atoms with E-state index in [4.69, 9.17) is 15.2 Å². The molecule has 0 aliphatic carbocycles. The van der Waals surface area contributed by atoms with Crippen LogP contribution in [0.3, 0.4) is 0 Å². The van der Waals surface area contributed by atoms with E-state index in [2.05, 4.69) is 0 Å². The second kappa shape index (κ2) is 13.0. The zero-order chi connectivity index (χ0) is 29.4. The van der Waals surface area contributed by atoms with E-state index in [9.17, 15) is 31.1 Å². The first-order chi connectivity index (χ1) is 18.9. The van der Waals surface area contributed by atoms with E-state index in [1.54, 1.807) is 60.7 Å². The molecule has 0 saturated carbocycles. The number of ether oxygens (including phenoxy) is 2. The van der Waals surface area contributed by atoms with Crippen molar-refractivity contribution < 1.29 is 40.6 Å². The quantitative estimate of drug-likeness (QED) is 0.191. The molecule has 3 aromatic rings. The Kier molecular flexibility index (Phi) is 10.0. The van der Waals surface area contributed by atoms with Gasteiger partial charge in [-0.05, 0) is 60.9 Å². The molecule has 0 aromatic heterocycles. The third kappa shape index (κ3) is 7.88. The fourth-order valence-electron chi connectivity index (χ4n) is 4.20. The molecule has 40 heavy (non-hydrogen) atoms. The van der Waals surface area contributed by atoms with Crippen LogP contribution in [0.1, 0.15) is 53.7 Å². The van der Waals surface area contributed by atoms with Crippen LogP contribution in [0, 0.1) is 0 Å². The number of carbonyl (C=O) groups excluding carboxylic acids is 1. The van der Waals surface area contributed by atoms with Crippen molar-refractivity contribution in [2.24, 2.45) is 5.73 Å². The lowest BCUT2D eigenvalue weighted by atomic mass is 9.77. The fourth-order valence-corrected chi connectivity index (χ4v) is 4.20. The number of carbonyl (C=O) groups is 1. The van der Waals surface area contributed by atoms with Crippen LogP contribution >= 0.6 is 0 Å². The molecule has 0 radical (unpaired) electrons. The second-order valence-corrected chi connectivity index (χ2v) is 9.27. The normalized spacial score (nSPS) is 14.6. The lowest BCUT2D eigenvalue weighted by Gasteiger charge is -2.33. The zero-order valence-corrected chi connectivity index (χ0v) is 21.6. The monoisotopic (exact) mass is 565 g/mol. The predicted octanol–water partition coefficient (Wildman–Crippen LogP) is 7.74. The van der Waals surface area contributed by atoms with Gasteiger partial charge in [0.1, 0.15) is 12.0 Å². The zero-order valence-electron chi connectivity index (χ0n) is 21.6. The van der Waals surface area contributed by atoms with Crippen molar-refractivity contribution in [3.63, 3.8) is 0 Å². The van der Waals surface area contributed by atoms with Gasteiger partial charge in [-0.15, -0.1) is 0 Å². The highest BCUT2D eigenvalue weighted by atomic mass is 19.4. The van der Waals surface area contributed by atoms with Gasteiger partial charge in [0, 0.05) is 0 Å². The average molecular weight is 566 g/mol. The van der Waals surface area contributed by atoms with Crippen molar-refractivity contribution >= 4 is 5.97 Å². The Morgan fingerprint density at radius 1 is 0.850 bits per heavy atom. The number of allylic oxidation sites excluding steroid dienone is 1. The lowest BCUT2D eigenvalue weighted by molar-refractivity contribution is -0.156. The highest BCUT2D eigenvalue weighted by Crippen LogP contribution is 2.39. The van der Waals surface area contributed by atoms with Gasteiger partial charge in [-0.3, -0.25) is 4.79 Å². The number of hydrogen-bond donors (Lipinski definition) is 1. The third-order valence-electron chi connectivity index (χ3n) is 6.46. The van der Waals surface area contributed by atoms with Crippen molar-refractivity contribution in [2.45, 2.75) is 50.2 Å². The molecule has 0 aliphatic rings. The third-order valence-corrected chi connectivity index (χ3v) is 6.46. The van der Waals surface area contributed by atoms with Gasteiger partial charge >= 0.3 is 18.3 Å². The van der Waals surface area contributed by atoms with Crippen LogP contribution < -0.4 is 5.73 Å². The van der Waals surface area contributed by atoms with Crippen LogP contribution in [-0.2, 0) is 38.6 Å². The van der Waals surface area contributed by atoms with Crippen molar-refractivity contribution in [1.29, 1.82) is 0 Å². The van der Waals surface area contributed by atoms with Gasteiger partial charge in [0.05, 0.1) is 23.8 Å². The van der Waals surface area contributed by atoms with Crippen molar-refractivity contribution in [2.75, 3.05) is 6.61 Å². The van der Waals surface area contributed by atoms with Gasteiger partial charge in [0.15, 0.2) is 0 Å². The van der Waals surface area contributed by atoms with E-state index < -0.39 is 41.0 Å². The summed E-state index contributed by atoms with van der Waals surface area (Å²) in [4.78, 5) is 13.7. The number of rotatable bonds is 11. The standard InChI is InChI=1S/C30H29F6NO3/c1-21(23-16-25(29(31,32)33)18-26(17-23)30(34,35)36)40-20-28(14-8-9-15-37,24-12-6-3-7-13-24)27(38)39-19-22-10-4-2-5-11-22/h2-7,9-13,15-18,21H,8,14,19-20,37H2,1H3/b15-9+/t21-,28?/m1/s1. The summed E-state index contributed by atoms with van der Waals surface area (Å²) in [7, 11) is 0. The molecule has 0 bridgehead atoms. The van der Waals surface area contributed by atoms with E-state index in [1.807, 2.05) is 6.07 Å². The minimum atomic E-state index is -5.00.